The minimum Gasteiger partial charge on any atom is -0.497 e. The zero-order valence-corrected chi connectivity index (χ0v) is 18.5. The van der Waals surface area contributed by atoms with Gasteiger partial charge in [0, 0.05) is 64.1 Å². The third-order valence-corrected chi connectivity index (χ3v) is 5.71. The first kappa shape index (κ1) is 22.4. The first-order valence-corrected chi connectivity index (χ1v) is 10.9. The molecule has 0 unspecified atom stereocenters. The van der Waals surface area contributed by atoms with E-state index in [1.54, 1.807) is 7.11 Å². The summed E-state index contributed by atoms with van der Waals surface area (Å²) in [6, 6.07) is 8.29. The number of methoxy groups -OCH3 is 1. The van der Waals surface area contributed by atoms with E-state index in [1.165, 1.54) is 5.69 Å². The van der Waals surface area contributed by atoms with Gasteiger partial charge in [0.25, 0.3) is 0 Å². The van der Waals surface area contributed by atoms with Crippen LogP contribution in [0.25, 0.3) is 0 Å². The maximum absolute atomic E-state index is 12.7. The third kappa shape index (κ3) is 6.34. The van der Waals surface area contributed by atoms with E-state index in [4.69, 9.17) is 4.74 Å². The summed E-state index contributed by atoms with van der Waals surface area (Å²) in [4.78, 5) is 33.3. The highest BCUT2D eigenvalue weighted by atomic mass is 16.5. The van der Waals surface area contributed by atoms with Crippen LogP contribution >= 0.6 is 0 Å². The van der Waals surface area contributed by atoms with Crippen LogP contribution in [0.15, 0.2) is 24.3 Å². The first-order chi connectivity index (χ1) is 14.4. The van der Waals surface area contributed by atoms with Gasteiger partial charge in [0.15, 0.2) is 0 Å². The van der Waals surface area contributed by atoms with Crippen LogP contribution in [0.3, 0.4) is 0 Å². The number of rotatable bonds is 7. The van der Waals surface area contributed by atoms with Crippen molar-refractivity contribution in [3.8, 4) is 5.75 Å². The van der Waals surface area contributed by atoms with Gasteiger partial charge in [-0.05, 0) is 38.1 Å². The molecule has 2 aliphatic rings. The van der Waals surface area contributed by atoms with Gasteiger partial charge in [0.2, 0.25) is 11.8 Å². The molecule has 8 heteroatoms. The molecule has 1 N–H and O–H groups in total. The number of hydrogen-bond donors (Lipinski definition) is 1. The molecule has 0 aromatic heterocycles. The lowest BCUT2D eigenvalue weighted by atomic mass is 10.2. The van der Waals surface area contributed by atoms with Crippen molar-refractivity contribution in [2.75, 3.05) is 77.5 Å². The van der Waals surface area contributed by atoms with Crippen molar-refractivity contribution in [2.45, 2.75) is 19.9 Å². The van der Waals surface area contributed by atoms with Gasteiger partial charge in [0.1, 0.15) is 5.75 Å². The normalized spacial score (nSPS) is 18.5. The summed E-state index contributed by atoms with van der Waals surface area (Å²) in [5, 5.41) is 2.92. The van der Waals surface area contributed by atoms with Gasteiger partial charge in [-0.1, -0.05) is 0 Å². The van der Waals surface area contributed by atoms with Crippen LogP contribution in [0.5, 0.6) is 5.75 Å². The smallest absolute Gasteiger partial charge is 0.236 e. The number of hydrogen-bond acceptors (Lipinski definition) is 6. The van der Waals surface area contributed by atoms with E-state index in [1.807, 2.05) is 30.9 Å². The molecule has 0 saturated carbocycles. The number of nitrogens with one attached hydrogen (secondary N) is 1. The summed E-state index contributed by atoms with van der Waals surface area (Å²) < 4.78 is 5.22. The predicted molar refractivity (Wildman–Crippen MR) is 118 cm³/mol. The summed E-state index contributed by atoms with van der Waals surface area (Å²) >= 11 is 0. The Bertz CT molecular complexity index is 693. The van der Waals surface area contributed by atoms with Crippen molar-refractivity contribution in [1.82, 2.24) is 20.0 Å². The number of ether oxygens (including phenoxy) is 1. The van der Waals surface area contributed by atoms with Crippen LogP contribution in [-0.4, -0.2) is 105 Å². The maximum Gasteiger partial charge on any atom is 0.236 e. The minimum absolute atomic E-state index is 0.0551. The van der Waals surface area contributed by atoms with E-state index < -0.39 is 0 Å². The van der Waals surface area contributed by atoms with Crippen LogP contribution in [0.4, 0.5) is 5.69 Å². The van der Waals surface area contributed by atoms with Crippen molar-refractivity contribution >= 4 is 17.5 Å². The SMILES string of the molecule is COc1ccc(N2CCN(CC(=O)N3CCN(CC(=O)NC(C)C)CC3)CC2)cc1. The van der Waals surface area contributed by atoms with Gasteiger partial charge in [-0.3, -0.25) is 19.4 Å². The van der Waals surface area contributed by atoms with Crippen molar-refractivity contribution < 1.29 is 14.3 Å². The van der Waals surface area contributed by atoms with Gasteiger partial charge in [-0.25, -0.2) is 0 Å². The maximum atomic E-state index is 12.7. The number of carbonyl (C=O) groups is 2. The summed E-state index contributed by atoms with van der Waals surface area (Å²) in [5.41, 5.74) is 1.19. The number of amides is 2. The van der Waals surface area contributed by atoms with Gasteiger partial charge in [-0.2, -0.15) is 0 Å². The lowest BCUT2D eigenvalue weighted by Gasteiger charge is -2.38. The predicted octanol–water partition coefficient (Wildman–Crippen LogP) is 0.486. The molecule has 1 aromatic rings. The zero-order valence-electron chi connectivity index (χ0n) is 18.5. The summed E-state index contributed by atoms with van der Waals surface area (Å²) in [7, 11) is 1.67. The molecule has 3 rings (SSSR count). The molecule has 2 heterocycles. The lowest BCUT2D eigenvalue weighted by molar-refractivity contribution is -0.134. The Morgan fingerprint density at radius 3 is 2.03 bits per heavy atom. The Labute approximate surface area is 179 Å². The number of carbonyl (C=O) groups excluding carboxylic acids is 2. The molecule has 0 spiro atoms. The van der Waals surface area contributed by atoms with E-state index >= 15 is 0 Å². The molecule has 2 fully saturated rings. The molecule has 0 radical (unpaired) electrons. The largest absolute Gasteiger partial charge is 0.497 e. The van der Waals surface area contributed by atoms with Crippen molar-refractivity contribution in [2.24, 2.45) is 0 Å². The van der Waals surface area contributed by atoms with Crippen molar-refractivity contribution in [1.29, 1.82) is 0 Å². The summed E-state index contributed by atoms with van der Waals surface area (Å²) in [6.07, 6.45) is 0. The van der Waals surface area contributed by atoms with E-state index in [0.717, 1.165) is 45.0 Å². The van der Waals surface area contributed by atoms with Crippen LogP contribution in [-0.2, 0) is 9.59 Å². The Kier molecular flexibility index (Phi) is 7.93. The highest BCUT2D eigenvalue weighted by Crippen LogP contribution is 2.20. The van der Waals surface area contributed by atoms with Gasteiger partial charge < -0.3 is 19.9 Å². The van der Waals surface area contributed by atoms with E-state index in [0.29, 0.717) is 26.2 Å². The molecule has 0 bridgehead atoms. The van der Waals surface area contributed by atoms with Gasteiger partial charge in [-0.15, -0.1) is 0 Å². The second kappa shape index (κ2) is 10.6. The Hall–Kier alpha value is -2.32. The molecule has 1 aromatic carbocycles. The van der Waals surface area contributed by atoms with E-state index in [9.17, 15) is 9.59 Å². The first-order valence-electron chi connectivity index (χ1n) is 10.9. The zero-order chi connectivity index (χ0) is 21.5. The quantitative estimate of drug-likeness (QED) is 0.696. The fourth-order valence-corrected chi connectivity index (χ4v) is 3.97. The third-order valence-electron chi connectivity index (χ3n) is 5.71. The molecule has 8 nitrogen and oxygen atoms in total. The fraction of sp³-hybridized carbons (Fsp3) is 0.636. The highest BCUT2D eigenvalue weighted by molar-refractivity contribution is 5.79. The van der Waals surface area contributed by atoms with E-state index in [2.05, 4.69) is 32.1 Å². The number of piperazine rings is 2. The van der Waals surface area contributed by atoms with Crippen LogP contribution < -0.4 is 15.0 Å². The molecule has 2 saturated heterocycles. The summed E-state index contributed by atoms with van der Waals surface area (Å²) in [6.45, 7) is 11.3. The molecular weight excluding hydrogens is 382 g/mol. The monoisotopic (exact) mass is 417 g/mol. The number of benzene rings is 1. The Morgan fingerprint density at radius 2 is 1.47 bits per heavy atom. The van der Waals surface area contributed by atoms with Crippen molar-refractivity contribution in [3.05, 3.63) is 24.3 Å². The Morgan fingerprint density at radius 1 is 0.900 bits per heavy atom. The topological polar surface area (TPSA) is 68.4 Å². The molecule has 30 heavy (non-hydrogen) atoms. The van der Waals surface area contributed by atoms with Crippen LogP contribution in [0, 0.1) is 0 Å². The second-order valence-electron chi connectivity index (χ2n) is 8.34. The lowest BCUT2D eigenvalue weighted by Crippen LogP contribution is -2.55. The standard InChI is InChI=1S/C22H35N5O3/c1-18(2)23-21(28)16-24-10-14-27(15-11-24)22(29)17-25-8-12-26(13-9-25)19-4-6-20(30-3)7-5-19/h4-7,18H,8-17H2,1-3H3,(H,23,28). The van der Waals surface area contributed by atoms with Crippen molar-refractivity contribution in [3.63, 3.8) is 0 Å². The molecular formula is C22H35N5O3. The van der Waals surface area contributed by atoms with Gasteiger partial charge in [0.05, 0.1) is 20.2 Å². The average Bonchev–Trinajstić information content (AvgIpc) is 2.74. The summed E-state index contributed by atoms with van der Waals surface area (Å²) in [5.74, 6) is 1.11. The second-order valence-corrected chi connectivity index (χ2v) is 8.34. The highest BCUT2D eigenvalue weighted by Gasteiger charge is 2.25. The number of nitrogens with zero attached hydrogens (tertiary/aromatic N) is 4. The molecule has 0 aliphatic carbocycles. The molecule has 2 aliphatic heterocycles. The number of anilines is 1. The fourth-order valence-electron chi connectivity index (χ4n) is 3.97. The average molecular weight is 418 g/mol. The van der Waals surface area contributed by atoms with E-state index in [-0.39, 0.29) is 17.9 Å². The molecule has 166 valence electrons. The van der Waals surface area contributed by atoms with Crippen LogP contribution in [0.1, 0.15) is 13.8 Å². The minimum atomic E-state index is 0.0551. The molecule has 0 atom stereocenters. The van der Waals surface area contributed by atoms with Crippen LogP contribution in [0.2, 0.25) is 0 Å². The Balaban J connectivity index is 1.37. The molecule has 2 amide bonds. The van der Waals surface area contributed by atoms with Gasteiger partial charge >= 0.3 is 0 Å².